The maximum Gasteiger partial charge on any atom is -0.0155 e. The van der Waals surface area contributed by atoms with Crippen LogP contribution >= 0.6 is 0 Å². The zero-order valence-corrected chi connectivity index (χ0v) is 48.4. The Morgan fingerprint density at radius 2 is 0.786 bits per heavy atom. The van der Waals surface area contributed by atoms with Crippen LogP contribution in [0.1, 0.15) is 196 Å². The minimum atomic E-state index is 0.500. The second-order valence-electron chi connectivity index (χ2n) is 20.0. The van der Waals surface area contributed by atoms with Crippen molar-refractivity contribution in [2.75, 3.05) is 0 Å². The van der Waals surface area contributed by atoms with Gasteiger partial charge < -0.3 is 0 Å². The van der Waals surface area contributed by atoms with Crippen LogP contribution in [0.2, 0.25) is 0 Å². The molecular weight excluding hydrogens is 841 g/mol. The first-order valence-corrected chi connectivity index (χ1v) is 27.7. The van der Waals surface area contributed by atoms with Gasteiger partial charge in [0.05, 0.1) is 0 Å². The molecule has 0 heteroatoms. The third-order valence-electron chi connectivity index (χ3n) is 10.6. The predicted octanol–water partition coefficient (Wildman–Crippen LogP) is 23.8. The standard InChI is InChI=1S/C13H12.2C11H10.C7H14.C7H8.C7H16.C5H12.C4H10.C3H8.C2H6/c1-11-7-9-13(10-8-11)12-5-3-2-4-6-12;1-9-5-4-7-10-6-2-3-8-11(9)10;1-9-6-7-10-4-2-3-5-11(10)8-9;2*1-7-5-3-2-4-6-7;1-3-5-7-6-4-2;1-5(2,3)4;1-3-4-2;1-3-2;1-2/h2-10H,1H3;2*2-8H,1H3;7H,2-6H2,1H3;2-6H,1H3;3-7H2,1-2H3;1-4H3;3-4H2,1-2H3;3H2,1-2H3;1-2H3. The molecule has 1 saturated carbocycles. The quantitative estimate of drug-likeness (QED) is 0.146. The van der Waals surface area contributed by atoms with Crippen molar-refractivity contribution >= 4 is 21.5 Å². The fraction of sp³-hybridized carbons (Fsp3) is 0.457. The van der Waals surface area contributed by atoms with E-state index in [1.54, 1.807) is 0 Å². The number of unbranched alkanes of at least 4 members (excludes halogenated alkanes) is 5. The topological polar surface area (TPSA) is 0 Å². The van der Waals surface area contributed by atoms with Crippen molar-refractivity contribution in [1.29, 1.82) is 0 Å². The number of benzene rings is 7. The van der Waals surface area contributed by atoms with Gasteiger partial charge in [-0.1, -0.05) is 360 Å². The first kappa shape index (κ1) is 67.1. The smallest absolute Gasteiger partial charge is 0.0155 e. The molecule has 7 aromatic carbocycles. The van der Waals surface area contributed by atoms with E-state index < -0.39 is 0 Å². The van der Waals surface area contributed by atoms with Gasteiger partial charge in [0.1, 0.15) is 0 Å². The van der Waals surface area contributed by atoms with E-state index in [9.17, 15) is 0 Å². The van der Waals surface area contributed by atoms with Crippen LogP contribution < -0.4 is 0 Å². The van der Waals surface area contributed by atoms with E-state index in [-0.39, 0.29) is 0 Å². The van der Waals surface area contributed by atoms with E-state index in [1.807, 2.05) is 38.1 Å². The molecule has 1 aliphatic carbocycles. The summed E-state index contributed by atoms with van der Waals surface area (Å²) >= 11 is 0. The lowest BCUT2D eigenvalue weighted by Crippen LogP contribution is -1.99. The van der Waals surface area contributed by atoms with E-state index in [0.29, 0.717) is 5.41 Å². The fourth-order valence-electron chi connectivity index (χ4n) is 6.59. The van der Waals surface area contributed by atoms with Gasteiger partial charge in [-0.15, -0.1) is 0 Å². The van der Waals surface area contributed by atoms with Crippen LogP contribution in [0.25, 0.3) is 32.7 Å². The number of aryl methyl sites for hydroxylation is 4. The fourth-order valence-corrected chi connectivity index (χ4v) is 6.59. The zero-order chi connectivity index (χ0) is 52.8. The van der Waals surface area contributed by atoms with Crippen LogP contribution in [-0.2, 0) is 0 Å². The maximum absolute atomic E-state index is 2.36. The second-order valence-corrected chi connectivity index (χ2v) is 20.0. The Labute approximate surface area is 435 Å². The van der Waals surface area contributed by atoms with Gasteiger partial charge in [0.15, 0.2) is 0 Å². The first-order valence-electron chi connectivity index (χ1n) is 27.7. The van der Waals surface area contributed by atoms with Crippen molar-refractivity contribution in [2.24, 2.45) is 11.3 Å². The molecule has 1 fully saturated rings. The van der Waals surface area contributed by atoms with Gasteiger partial charge in [-0.05, 0) is 77.3 Å². The number of rotatable bonds is 6. The van der Waals surface area contributed by atoms with Gasteiger partial charge >= 0.3 is 0 Å². The molecule has 0 N–H and O–H groups in total. The lowest BCUT2D eigenvalue weighted by Gasteiger charge is -2.15. The van der Waals surface area contributed by atoms with Crippen LogP contribution in [0.15, 0.2) is 170 Å². The molecule has 0 aromatic heterocycles. The van der Waals surface area contributed by atoms with Crippen molar-refractivity contribution < 1.29 is 0 Å². The summed E-state index contributed by atoms with van der Waals surface area (Å²) in [5.41, 5.74) is 8.36. The second kappa shape index (κ2) is 45.2. The van der Waals surface area contributed by atoms with Crippen LogP contribution in [0, 0.1) is 39.0 Å². The van der Waals surface area contributed by atoms with Crippen LogP contribution in [-0.4, -0.2) is 0 Å². The van der Waals surface area contributed by atoms with Crippen molar-refractivity contribution in [3.8, 4) is 11.1 Å². The Bertz CT molecular complexity index is 2120. The van der Waals surface area contributed by atoms with E-state index in [0.717, 1.165) is 5.92 Å². The highest BCUT2D eigenvalue weighted by molar-refractivity contribution is 5.85. The van der Waals surface area contributed by atoms with Gasteiger partial charge in [-0.25, -0.2) is 0 Å². The summed E-state index contributed by atoms with van der Waals surface area (Å²) in [6.45, 7) is 36.7. The molecule has 0 unspecified atom stereocenters. The van der Waals surface area contributed by atoms with Crippen molar-refractivity contribution in [2.45, 2.75) is 201 Å². The third kappa shape index (κ3) is 38.9. The molecule has 8 rings (SSSR count). The van der Waals surface area contributed by atoms with Gasteiger partial charge in [0.25, 0.3) is 0 Å². The molecule has 0 heterocycles. The Balaban J connectivity index is 0. The Kier molecular flexibility index (Phi) is 43.4. The highest BCUT2D eigenvalue weighted by atomic mass is 14.1. The molecule has 70 heavy (non-hydrogen) atoms. The lowest BCUT2D eigenvalue weighted by atomic mass is 9.91. The van der Waals surface area contributed by atoms with E-state index >= 15 is 0 Å². The molecule has 0 spiro atoms. The SMILES string of the molecule is CC.CC(C)(C)C.CC1CCCCC1.CCC.CCCC.CCCCCCC.Cc1ccc(-c2ccccc2)cc1.Cc1ccc2ccccc2c1.Cc1cccc2ccccc12.Cc1ccccc1. The van der Waals surface area contributed by atoms with Crippen LogP contribution in [0.4, 0.5) is 0 Å². The van der Waals surface area contributed by atoms with E-state index in [2.05, 4.69) is 249 Å². The normalized spacial score (nSPS) is 11.0. The van der Waals surface area contributed by atoms with Gasteiger partial charge in [0.2, 0.25) is 0 Å². The zero-order valence-electron chi connectivity index (χ0n) is 48.4. The molecule has 1 aliphatic rings. The minimum Gasteiger partial charge on any atom is -0.0683 e. The summed E-state index contributed by atoms with van der Waals surface area (Å²) in [4.78, 5) is 0. The molecule has 0 amide bonds. The molecule has 0 bridgehead atoms. The lowest BCUT2D eigenvalue weighted by molar-refractivity contribution is 0.385. The van der Waals surface area contributed by atoms with Crippen LogP contribution in [0.3, 0.4) is 0 Å². The average molecular weight is 948 g/mol. The molecule has 0 radical (unpaired) electrons. The Morgan fingerprint density at radius 3 is 1.21 bits per heavy atom. The minimum absolute atomic E-state index is 0.500. The van der Waals surface area contributed by atoms with Crippen LogP contribution in [0.5, 0.6) is 0 Å². The average Bonchev–Trinajstić information content (AvgIpc) is 3.37. The summed E-state index contributed by atoms with van der Waals surface area (Å²) in [6, 6.07) is 59.0. The molecular formula is C70H106. The Morgan fingerprint density at radius 1 is 0.386 bits per heavy atom. The van der Waals surface area contributed by atoms with Gasteiger partial charge in [-0.3, -0.25) is 0 Å². The summed E-state index contributed by atoms with van der Waals surface area (Å²) in [5, 5.41) is 5.33. The molecule has 386 valence electrons. The monoisotopic (exact) mass is 947 g/mol. The summed E-state index contributed by atoms with van der Waals surface area (Å²) in [6.07, 6.45) is 18.3. The molecule has 0 aliphatic heterocycles. The maximum atomic E-state index is 2.36. The number of fused-ring (bicyclic) bond motifs is 2. The number of hydrogen-bond donors (Lipinski definition) is 0. The molecule has 0 saturated heterocycles. The molecule has 0 atom stereocenters. The highest BCUT2D eigenvalue weighted by Gasteiger charge is 2.06. The predicted molar refractivity (Wildman–Crippen MR) is 325 cm³/mol. The van der Waals surface area contributed by atoms with E-state index in [1.165, 1.54) is 138 Å². The van der Waals surface area contributed by atoms with Crippen molar-refractivity contribution in [1.82, 2.24) is 0 Å². The first-order chi connectivity index (χ1) is 33.6. The van der Waals surface area contributed by atoms with E-state index in [4.69, 9.17) is 0 Å². The van der Waals surface area contributed by atoms with Crippen molar-refractivity contribution in [3.63, 3.8) is 0 Å². The largest absolute Gasteiger partial charge is 0.0683 e. The highest BCUT2D eigenvalue weighted by Crippen LogP contribution is 2.22. The molecule has 0 nitrogen and oxygen atoms in total. The van der Waals surface area contributed by atoms with Gasteiger partial charge in [0, 0.05) is 0 Å². The summed E-state index contributed by atoms with van der Waals surface area (Å²) < 4.78 is 0. The van der Waals surface area contributed by atoms with Crippen molar-refractivity contribution in [3.05, 3.63) is 192 Å². The third-order valence-corrected chi connectivity index (χ3v) is 10.6. The van der Waals surface area contributed by atoms with Gasteiger partial charge in [-0.2, -0.15) is 0 Å². The summed E-state index contributed by atoms with van der Waals surface area (Å²) in [7, 11) is 0. The molecule has 7 aromatic rings. The number of hydrogen-bond acceptors (Lipinski definition) is 0. The Hall–Kier alpha value is -4.94. The summed E-state index contributed by atoms with van der Waals surface area (Å²) in [5.74, 6) is 1.04.